The summed E-state index contributed by atoms with van der Waals surface area (Å²) in [5.74, 6) is 0.0608. The van der Waals surface area contributed by atoms with Gasteiger partial charge in [-0.25, -0.2) is 0 Å². The van der Waals surface area contributed by atoms with Crippen molar-refractivity contribution in [3.63, 3.8) is 0 Å². The van der Waals surface area contributed by atoms with E-state index in [1.165, 1.54) is 23.8 Å². The first kappa shape index (κ1) is 15.6. The quantitative estimate of drug-likeness (QED) is 0.272. The molecule has 0 saturated carbocycles. The first-order chi connectivity index (χ1) is 11.2. The third-order valence-electron chi connectivity index (χ3n) is 3.83. The van der Waals surface area contributed by atoms with Crippen LogP contribution < -0.4 is 0 Å². The fourth-order valence-corrected chi connectivity index (χ4v) is 4.07. The number of hydrogen-bond acceptors (Lipinski definition) is 5. The van der Waals surface area contributed by atoms with Gasteiger partial charge in [-0.3, -0.25) is 14.5 Å². The molecule has 1 aromatic carbocycles. The molecule has 2 heterocycles. The molecule has 7 nitrogen and oxygen atoms in total. The molecule has 0 aromatic heterocycles. The van der Waals surface area contributed by atoms with E-state index in [0.29, 0.717) is 22.6 Å². The first-order valence-corrected chi connectivity index (χ1v) is 8.04. The highest BCUT2D eigenvalue weighted by Crippen LogP contribution is 2.42. The zero-order valence-corrected chi connectivity index (χ0v) is 13.2. The van der Waals surface area contributed by atoms with Crippen LogP contribution in [0.4, 0.5) is 0 Å². The van der Waals surface area contributed by atoms with Crippen LogP contribution in [0.15, 0.2) is 46.7 Å². The number of carbonyl (C=O) groups is 2. The zero-order valence-electron chi connectivity index (χ0n) is 12.4. The van der Waals surface area contributed by atoms with Gasteiger partial charge in [0.15, 0.2) is 6.10 Å². The fourth-order valence-electron chi connectivity index (χ4n) is 2.71. The number of carbonyl (C=O) groups excluding carboxylic acids is 2. The van der Waals surface area contributed by atoms with Crippen LogP contribution in [-0.2, 0) is 9.53 Å². The van der Waals surface area contributed by atoms with E-state index in [1.54, 1.807) is 24.3 Å². The molecule has 1 saturated heterocycles. The summed E-state index contributed by atoms with van der Waals surface area (Å²) in [6, 6.07) is 8.77. The van der Waals surface area contributed by atoms with Gasteiger partial charge in [0.25, 0.3) is 5.91 Å². The van der Waals surface area contributed by atoms with E-state index in [-0.39, 0.29) is 23.6 Å². The number of Topliss-reactive ketones (excluding diaryl/α,β-unsaturated/α-hetero) is 1. The Balaban J connectivity index is 2.02. The number of nitrogens with zero attached hydrogens (tertiary/aromatic N) is 4. The maximum Gasteiger partial charge on any atom is 0.260 e. The number of amides is 1. The average molecular weight is 330 g/mol. The van der Waals surface area contributed by atoms with Crippen molar-refractivity contribution in [1.29, 1.82) is 0 Å². The lowest BCUT2D eigenvalue weighted by molar-refractivity contribution is -0.158. The Hall–Kier alpha value is -2.28. The lowest BCUT2D eigenvalue weighted by Gasteiger charge is -2.49. The summed E-state index contributed by atoms with van der Waals surface area (Å²) in [6.07, 6.45) is -0.528. The molecule has 2 aliphatic heterocycles. The van der Waals surface area contributed by atoms with Crippen molar-refractivity contribution in [2.24, 2.45) is 5.11 Å². The molecule has 0 spiro atoms. The highest BCUT2D eigenvalue weighted by Gasteiger charge is 2.53. The van der Waals surface area contributed by atoms with E-state index in [4.69, 9.17) is 10.3 Å². The normalized spacial score (nSPS) is 23.0. The molecule has 1 aromatic rings. The molecule has 2 aliphatic rings. The van der Waals surface area contributed by atoms with Crippen LogP contribution in [0.3, 0.4) is 0 Å². The van der Waals surface area contributed by atoms with Gasteiger partial charge in [-0.2, -0.15) is 0 Å². The summed E-state index contributed by atoms with van der Waals surface area (Å²) >= 11 is 1.51. The Morgan fingerprint density at radius 3 is 2.87 bits per heavy atom. The van der Waals surface area contributed by atoms with Gasteiger partial charge in [0.1, 0.15) is 5.37 Å². The number of hydrogen-bond donors (Lipinski definition) is 0. The molecule has 1 amide bonds. The van der Waals surface area contributed by atoms with Crippen molar-refractivity contribution in [2.45, 2.75) is 11.5 Å². The molecule has 0 N–H and O–H groups in total. The SMILES string of the molecule is CO[C@H]1C(=O)N2C(C(=O)c3ccccc3)=C(CN=[N+]=[N-])CS[C@@H]12. The molecule has 3 rings (SSSR count). The third-order valence-corrected chi connectivity index (χ3v) is 5.14. The number of allylic oxidation sites excluding steroid dienone is 1. The molecule has 1 fully saturated rings. The van der Waals surface area contributed by atoms with E-state index in [9.17, 15) is 9.59 Å². The number of benzene rings is 1. The monoisotopic (exact) mass is 330 g/mol. The Morgan fingerprint density at radius 2 is 2.22 bits per heavy atom. The molecular weight excluding hydrogens is 316 g/mol. The van der Waals surface area contributed by atoms with Gasteiger partial charge < -0.3 is 4.74 Å². The minimum atomic E-state index is -0.528. The number of fused-ring (bicyclic) bond motifs is 1. The highest BCUT2D eigenvalue weighted by atomic mass is 32.2. The van der Waals surface area contributed by atoms with Crippen LogP contribution >= 0.6 is 11.8 Å². The van der Waals surface area contributed by atoms with Crippen molar-refractivity contribution in [2.75, 3.05) is 19.4 Å². The van der Waals surface area contributed by atoms with Crippen LogP contribution in [0.25, 0.3) is 10.4 Å². The summed E-state index contributed by atoms with van der Waals surface area (Å²) in [5.41, 5.74) is 10.0. The molecule has 2 atom stereocenters. The first-order valence-electron chi connectivity index (χ1n) is 6.99. The molecule has 0 radical (unpaired) electrons. The molecule has 8 heteroatoms. The predicted molar refractivity (Wildman–Crippen MR) is 85.7 cm³/mol. The Morgan fingerprint density at radius 1 is 1.48 bits per heavy atom. The van der Waals surface area contributed by atoms with Gasteiger partial charge in [-0.15, -0.1) is 11.8 Å². The van der Waals surface area contributed by atoms with Gasteiger partial charge in [0.2, 0.25) is 5.78 Å². The van der Waals surface area contributed by atoms with Gasteiger partial charge in [-0.05, 0) is 11.1 Å². The van der Waals surface area contributed by atoms with Gasteiger partial charge in [-0.1, -0.05) is 35.4 Å². The highest BCUT2D eigenvalue weighted by molar-refractivity contribution is 8.00. The van der Waals surface area contributed by atoms with Crippen LogP contribution in [0.1, 0.15) is 10.4 Å². The van der Waals surface area contributed by atoms with Crippen LogP contribution in [0.2, 0.25) is 0 Å². The van der Waals surface area contributed by atoms with Gasteiger partial charge in [0, 0.05) is 23.3 Å². The van der Waals surface area contributed by atoms with Crippen molar-refractivity contribution in [3.8, 4) is 0 Å². The number of methoxy groups -OCH3 is 1. The minimum Gasteiger partial charge on any atom is -0.368 e. The lowest BCUT2D eigenvalue weighted by Crippen LogP contribution is -2.65. The predicted octanol–water partition coefficient (Wildman–Crippen LogP) is 2.36. The van der Waals surface area contributed by atoms with Gasteiger partial charge in [0.05, 0.1) is 12.2 Å². The van der Waals surface area contributed by atoms with E-state index in [2.05, 4.69) is 10.0 Å². The summed E-state index contributed by atoms with van der Waals surface area (Å²) in [7, 11) is 1.48. The standard InChI is InChI=1S/C15H14N4O3S/c1-22-13-14(21)19-11(12(20)9-5-3-2-4-6-9)10(7-17-18-16)8-23-15(13)19/h2-6,13,15H,7-8H2,1H3/t13-,15-/m0/s1. The third kappa shape index (κ3) is 2.61. The van der Waals surface area contributed by atoms with Crippen molar-refractivity contribution in [1.82, 2.24) is 4.90 Å². The van der Waals surface area contributed by atoms with E-state index in [0.717, 1.165) is 0 Å². The molecule has 0 aliphatic carbocycles. The molecule has 23 heavy (non-hydrogen) atoms. The summed E-state index contributed by atoms with van der Waals surface area (Å²) < 4.78 is 5.19. The number of thioether (sulfide) groups is 1. The zero-order chi connectivity index (χ0) is 16.4. The smallest absolute Gasteiger partial charge is 0.260 e. The number of rotatable bonds is 5. The molecule has 118 valence electrons. The molecular formula is C15H14N4O3S. The second kappa shape index (κ2) is 6.45. The van der Waals surface area contributed by atoms with Crippen molar-refractivity contribution >= 4 is 23.5 Å². The van der Waals surface area contributed by atoms with E-state index < -0.39 is 6.10 Å². The number of ether oxygens (including phenoxy) is 1. The fraction of sp³-hybridized carbons (Fsp3) is 0.333. The van der Waals surface area contributed by atoms with Crippen LogP contribution in [0.5, 0.6) is 0 Å². The van der Waals surface area contributed by atoms with Crippen molar-refractivity contribution < 1.29 is 14.3 Å². The maximum absolute atomic E-state index is 12.9. The average Bonchev–Trinajstić information content (AvgIpc) is 2.59. The summed E-state index contributed by atoms with van der Waals surface area (Å²) in [5, 5.41) is 3.35. The number of ketones is 1. The molecule has 0 bridgehead atoms. The second-order valence-electron chi connectivity index (χ2n) is 5.10. The topological polar surface area (TPSA) is 95.4 Å². The summed E-state index contributed by atoms with van der Waals surface area (Å²) in [4.78, 5) is 29.4. The maximum atomic E-state index is 12.9. The van der Waals surface area contributed by atoms with Crippen LogP contribution in [0, 0.1) is 0 Å². The van der Waals surface area contributed by atoms with E-state index in [1.807, 2.05) is 6.07 Å². The largest absolute Gasteiger partial charge is 0.368 e. The number of β-lactam (4-membered cyclic amide) rings is 1. The number of azide groups is 1. The van der Waals surface area contributed by atoms with Gasteiger partial charge >= 0.3 is 0 Å². The van der Waals surface area contributed by atoms with Crippen molar-refractivity contribution in [3.05, 3.63) is 57.6 Å². The minimum absolute atomic E-state index is 0.0750. The van der Waals surface area contributed by atoms with E-state index >= 15 is 0 Å². The Labute approximate surface area is 136 Å². The lowest BCUT2D eigenvalue weighted by atomic mass is 9.98. The van der Waals surface area contributed by atoms with Crippen LogP contribution in [-0.4, -0.2) is 47.5 Å². The Kier molecular flexibility index (Phi) is 4.38. The Bertz CT molecular complexity index is 727. The second-order valence-corrected chi connectivity index (χ2v) is 6.21. The molecule has 0 unspecified atom stereocenters. The summed E-state index contributed by atoms with van der Waals surface area (Å²) in [6.45, 7) is 0.0750.